The van der Waals surface area contributed by atoms with E-state index in [1.165, 1.54) is 13.2 Å². The van der Waals surface area contributed by atoms with Crippen LogP contribution in [0.1, 0.15) is 11.6 Å². The molecule has 4 heteroatoms. The maximum absolute atomic E-state index is 13.7. The number of ether oxygens (including phenoxy) is 1. The van der Waals surface area contributed by atoms with E-state index < -0.39 is 0 Å². The van der Waals surface area contributed by atoms with Crippen molar-refractivity contribution >= 4 is 0 Å². The number of nitrogens with zero attached hydrogens (tertiary/aromatic N) is 1. The molecular weight excluding hydrogens is 231 g/mol. The molecule has 1 saturated heterocycles. The van der Waals surface area contributed by atoms with Gasteiger partial charge in [0.25, 0.3) is 0 Å². The van der Waals surface area contributed by atoms with Crippen molar-refractivity contribution in [3.8, 4) is 5.75 Å². The Balaban J connectivity index is 2.31. The van der Waals surface area contributed by atoms with E-state index in [0.717, 1.165) is 31.7 Å². The number of hydrogen-bond donors (Lipinski definition) is 1. The first-order valence-corrected chi connectivity index (χ1v) is 6.17. The average Bonchev–Trinajstić information content (AvgIpc) is 2.41. The number of methoxy groups -OCH3 is 1. The molecule has 1 aliphatic rings. The van der Waals surface area contributed by atoms with Crippen molar-refractivity contribution in [3.05, 3.63) is 42.2 Å². The summed E-state index contributed by atoms with van der Waals surface area (Å²) >= 11 is 0. The molecule has 1 aromatic carbocycles. The van der Waals surface area contributed by atoms with Gasteiger partial charge in [0.1, 0.15) is 0 Å². The minimum absolute atomic E-state index is 0.00208. The Morgan fingerprint density at radius 2 is 2.17 bits per heavy atom. The fourth-order valence-corrected chi connectivity index (χ4v) is 2.41. The molecule has 98 valence electrons. The summed E-state index contributed by atoms with van der Waals surface area (Å²) in [5.41, 5.74) is 0.842. The van der Waals surface area contributed by atoms with Crippen molar-refractivity contribution < 1.29 is 9.13 Å². The van der Waals surface area contributed by atoms with E-state index in [1.54, 1.807) is 6.07 Å². The highest BCUT2D eigenvalue weighted by Crippen LogP contribution is 2.32. The second-order valence-corrected chi connectivity index (χ2v) is 4.33. The van der Waals surface area contributed by atoms with Gasteiger partial charge in [0, 0.05) is 31.7 Å². The van der Waals surface area contributed by atoms with Crippen LogP contribution in [0, 0.1) is 5.82 Å². The fraction of sp³-hybridized carbons (Fsp3) is 0.429. The molecule has 0 spiro atoms. The molecule has 0 unspecified atom stereocenters. The molecular formula is C14H19FN2O. The predicted molar refractivity (Wildman–Crippen MR) is 70.3 cm³/mol. The summed E-state index contributed by atoms with van der Waals surface area (Å²) in [5.74, 6) is -0.00193. The minimum Gasteiger partial charge on any atom is -0.493 e. The maximum atomic E-state index is 13.7. The van der Waals surface area contributed by atoms with Gasteiger partial charge in [-0.3, -0.25) is 4.90 Å². The van der Waals surface area contributed by atoms with Crippen molar-refractivity contribution in [2.24, 2.45) is 0 Å². The van der Waals surface area contributed by atoms with Crippen molar-refractivity contribution in [3.63, 3.8) is 0 Å². The minimum atomic E-state index is -0.322. The van der Waals surface area contributed by atoms with Crippen molar-refractivity contribution in [1.82, 2.24) is 10.2 Å². The van der Waals surface area contributed by atoms with Gasteiger partial charge in [-0.1, -0.05) is 18.2 Å². The fourth-order valence-electron chi connectivity index (χ4n) is 2.41. The molecule has 0 aliphatic carbocycles. The third kappa shape index (κ3) is 2.54. The average molecular weight is 250 g/mol. The molecule has 1 N–H and O–H groups in total. The van der Waals surface area contributed by atoms with E-state index in [-0.39, 0.29) is 11.9 Å². The van der Waals surface area contributed by atoms with Crippen LogP contribution in [0.4, 0.5) is 4.39 Å². The largest absolute Gasteiger partial charge is 0.493 e. The van der Waals surface area contributed by atoms with E-state index in [9.17, 15) is 4.39 Å². The first-order valence-electron chi connectivity index (χ1n) is 6.17. The number of rotatable bonds is 4. The van der Waals surface area contributed by atoms with Crippen LogP contribution in [-0.4, -0.2) is 38.2 Å². The Morgan fingerprint density at radius 1 is 1.44 bits per heavy atom. The van der Waals surface area contributed by atoms with Gasteiger partial charge in [0.05, 0.1) is 13.2 Å². The Bertz CT molecular complexity index is 416. The predicted octanol–water partition coefficient (Wildman–Crippen LogP) is 1.97. The SMILES string of the molecule is C=C[C@@H](c1cccc(F)c1OC)N1CCNCC1. The Labute approximate surface area is 107 Å². The molecule has 1 aliphatic heterocycles. The van der Waals surface area contributed by atoms with Crippen molar-refractivity contribution in [1.29, 1.82) is 0 Å². The molecule has 0 saturated carbocycles. The quantitative estimate of drug-likeness (QED) is 0.827. The number of para-hydroxylation sites is 1. The maximum Gasteiger partial charge on any atom is 0.165 e. The molecule has 18 heavy (non-hydrogen) atoms. The normalized spacial score (nSPS) is 18.3. The van der Waals surface area contributed by atoms with Crippen LogP contribution in [0.25, 0.3) is 0 Å². The van der Waals surface area contributed by atoms with Crippen LogP contribution in [0.5, 0.6) is 5.75 Å². The second kappa shape index (κ2) is 5.98. The number of benzene rings is 1. The summed E-state index contributed by atoms with van der Waals surface area (Å²) < 4.78 is 18.9. The summed E-state index contributed by atoms with van der Waals surface area (Å²) in [7, 11) is 1.50. The molecule has 1 aromatic rings. The van der Waals surface area contributed by atoms with Gasteiger partial charge in [-0.2, -0.15) is 0 Å². The zero-order chi connectivity index (χ0) is 13.0. The second-order valence-electron chi connectivity index (χ2n) is 4.33. The molecule has 1 atom stereocenters. The summed E-state index contributed by atoms with van der Waals surface area (Å²) in [5, 5.41) is 3.30. The van der Waals surface area contributed by atoms with E-state index >= 15 is 0 Å². The highest BCUT2D eigenvalue weighted by molar-refractivity contribution is 5.39. The van der Waals surface area contributed by atoms with Crippen molar-refractivity contribution in [2.45, 2.75) is 6.04 Å². The van der Waals surface area contributed by atoms with Crippen LogP contribution in [0.15, 0.2) is 30.9 Å². The summed E-state index contributed by atoms with van der Waals surface area (Å²) in [6, 6.07) is 5.03. The van der Waals surface area contributed by atoms with Crippen molar-refractivity contribution in [2.75, 3.05) is 33.3 Å². The van der Waals surface area contributed by atoms with Gasteiger partial charge in [-0.15, -0.1) is 6.58 Å². The van der Waals surface area contributed by atoms with Crippen LogP contribution in [0.2, 0.25) is 0 Å². The molecule has 1 heterocycles. The molecule has 0 aromatic heterocycles. The molecule has 2 rings (SSSR count). The van der Waals surface area contributed by atoms with Crippen LogP contribution < -0.4 is 10.1 Å². The van der Waals surface area contributed by atoms with E-state index in [2.05, 4.69) is 16.8 Å². The number of hydrogen-bond acceptors (Lipinski definition) is 3. The number of nitrogens with one attached hydrogen (secondary N) is 1. The summed E-state index contributed by atoms with van der Waals surface area (Å²) in [6.45, 7) is 7.62. The van der Waals surface area contributed by atoms with Gasteiger partial charge >= 0.3 is 0 Å². The molecule has 3 nitrogen and oxygen atoms in total. The van der Waals surface area contributed by atoms with Gasteiger partial charge in [0.2, 0.25) is 0 Å². The molecule has 0 amide bonds. The van der Waals surface area contributed by atoms with Crippen LogP contribution in [-0.2, 0) is 0 Å². The standard InChI is InChI=1S/C14H19FN2O/c1-3-13(17-9-7-16-8-10-17)11-5-4-6-12(15)14(11)18-2/h3-6,13,16H,1,7-10H2,2H3/t13-/m0/s1. The lowest BCUT2D eigenvalue weighted by Crippen LogP contribution is -2.44. The monoisotopic (exact) mass is 250 g/mol. The van der Waals surface area contributed by atoms with Gasteiger partial charge in [-0.25, -0.2) is 4.39 Å². The smallest absolute Gasteiger partial charge is 0.165 e. The lowest BCUT2D eigenvalue weighted by atomic mass is 10.0. The van der Waals surface area contributed by atoms with Gasteiger partial charge in [0.15, 0.2) is 11.6 Å². The number of piperazine rings is 1. The zero-order valence-electron chi connectivity index (χ0n) is 10.7. The lowest BCUT2D eigenvalue weighted by molar-refractivity contribution is 0.199. The van der Waals surface area contributed by atoms with Crippen LogP contribution in [0.3, 0.4) is 0 Å². The number of halogens is 1. The topological polar surface area (TPSA) is 24.5 Å². The van der Waals surface area contributed by atoms with Gasteiger partial charge in [-0.05, 0) is 6.07 Å². The van der Waals surface area contributed by atoms with Gasteiger partial charge < -0.3 is 10.1 Å². The highest BCUT2D eigenvalue weighted by Gasteiger charge is 2.23. The highest BCUT2D eigenvalue weighted by atomic mass is 19.1. The van der Waals surface area contributed by atoms with E-state index in [0.29, 0.717) is 5.75 Å². The summed E-state index contributed by atoms with van der Waals surface area (Å²) in [6.07, 6.45) is 1.85. The third-order valence-corrected chi connectivity index (χ3v) is 3.29. The van der Waals surface area contributed by atoms with E-state index in [1.807, 2.05) is 12.1 Å². The lowest BCUT2D eigenvalue weighted by Gasteiger charge is -2.34. The first-order chi connectivity index (χ1) is 8.77. The van der Waals surface area contributed by atoms with E-state index in [4.69, 9.17) is 4.74 Å². The first kappa shape index (κ1) is 13.1. The zero-order valence-corrected chi connectivity index (χ0v) is 10.7. The molecule has 0 radical (unpaired) electrons. The Morgan fingerprint density at radius 3 is 2.78 bits per heavy atom. The summed E-state index contributed by atoms with van der Waals surface area (Å²) in [4.78, 5) is 2.28. The third-order valence-electron chi connectivity index (χ3n) is 3.29. The molecule has 1 fully saturated rings. The Kier molecular flexibility index (Phi) is 4.33. The van der Waals surface area contributed by atoms with Crippen LogP contribution >= 0.6 is 0 Å². The Hall–Kier alpha value is -1.39. The molecule has 0 bridgehead atoms.